The number of carbonyl (C=O) groups is 1. The van der Waals surface area contributed by atoms with E-state index in [1.165, 1.54) is 12.1 Å². The maximum absolute atomic E-state index is 12.4. The van der Waals surface area contributed by atoms with Crippen molar-refractivity contribution in [2.24, 2.45) is 0 Å². The largest absolute Gasteiger partial charge is 0.416 e. The third-order valence-corrected chi connectivity index (χ3v) is 3.39. The Morgan fingerprint density at radius 1 is 1.23 bits per heavy atom. The number of amides is 1. The number of aromatic nitrogens is 2. The zero-order chi connectivity index (χ0) is 16.3. The van der Waals surface area contributed by atoms with Crippen LogP contribution in [0.4, 0.5) is 13.2 Å². The normalized spacial score (nSPS) is 11.5. The van der Waals surface area contributed by atoms with Gasteiger partial charge in [-0.1, -0.05) is 12.1 Å². The topological polar surface area (TPSA) is 57.8 Å². The lowest BCUT2D eigenvalue weighted by Gasteiger charge is -2.09. The number of aromatic amines is 1. The molecular formula is C15H16F3N3O. The SMILES string of the molecule is Cc1n[nH]c(C)c1CC(=O)NCc1ccc(C(F)(F)F)cc1. The Morgan fingerprint density at radius 3 is 2.36 bits per heavy atom. The number of benzene rings is 1. The van der Waals surface area contributed by atoms with Gasteiger partial charge in [0.1, 0.15) is 0 Å². The molecule has 0 saturated carbocycles. The lowest BCUT2D eigenvalue weighted by Crippen LogP contribution is -2.25. The average Bonchev–Trinajstić information content (AvgIpc) is 2.76. The number of carbonyl (C=O) groups excluding carboxylic acids is 1. The number of halogens is 3. The summed E-state index contributed by atoms with van der Waals surface area (Å²) in [7, 11) is 0. The van der Waals surface area contributed by atoms with E-state index in [1.807, 2.05) is 13.8 Å². The van der Waals surface area contributed by atoms with Gasteiger partial charge in [0.05, 0.1) is 17.7 Å². The minimum absolute atomic E-state index is 0.187. The van der Waals surface area contributed by atoms with Crippen molar-refractivity contribution < 1.29 is 18.0 Å². The van der Waals surface area contributed by atoms with Gasteiger partial charge in [0.15, 0.2) is 0 Å². The first-order valence-corrected chi connectivity index (χ1v) is 6.70. The number of nitrogens with zero attached hydrogens (tertiary/aromatic N) is 1. The van der Waals surface area contributed by atoms with Crippen molar-refractivity contribution in [2.45, 2.75) is 33.0 Å². The van der Waals surface area contributed by atoms with Gasteiger partial charge >= 0.3 is 6.18 Å². The monoisotopic (exact) mass is 311 g/mol. The van der Waals surface area contributed by atoms with Gasteiger partial charge in [-0.15, -0.1) is 0 Å². The quantitative estimate of drug-likeness (QED) is 0.912. The molecule has 0 atom stereocenters. The second kappa shape index (κ2) is 6.21. The van der Waals surface area contributed by atoms with Crippen LogP contribution < -0.4 is 5.32 Å². The summed E-state index contributed by atoms with van der Waals surface area (Å²) < 4.78 is 37.3. The van der Waals surface area contributed by atoms with Crippen LogP contribution in [0.1, 0.15) is 28.1 Å². The van der Waals surface area contributed by atoms with Gasteiger partial charge in [0, 0.05) is 17.8 Å². The fourth-order valence-corrected chi connectivity index (χ4v) is 2.07. The van der Waals surface area contributed by atoms with Crippen molar-refractivity contribution in [3.63, 3.8) is 0 Å². The summed E-state index contributed by atoms with van der Waals surface area (Å²) in [6.45, 7) is 3.83. The molecule has 2 N–H and O–H groups in total. The summed E-state index contributed by atoms with van der Waals surface area (Å²) in [4.78, 5) is 11.9. The molecule has 118 valence electrons. The molecule has 2 rings (SSSR count). The molecule has 1 aromatic heterocycles. The Labute approximate surface area is 125 Å². The van der Waals surface area contributed by atoms with Crippen LogP contribution >= 0.6 is 0 Å². The van der Waals surface area contributed by atoms with Crippen molar-refractivity contribution >= 4 is 5.91 Å². The molecule has 0 spiro atoms. The molecule has 0 saturated heterocycles. The van der Waals surface area contributed by atoms with Crippen LogP contribution in [-0.2, 0) is 23.9 Å². The van der Waals surface area contributed by atoms with Crippen LogP contribution in [0.3, 0.4) is 0 Å². The number of rotatable bonds is 4. The van der Waals surface area contributed by atoms with Gasteiger partial charge in [-0.25, -0.2) is 0 Å². The molecule has 0 bridgehead atoms. The predicted octanol–water partition coefficient (Wildman–Crippen LogP) is 2.90. The first kappa shape index (κ1) is 16.1. The van der Waals surface area contributed by atoms with E-state index in [1.54, 1.807) is 0 Å². The fourth-order valence-electron chi connectivity index (χ4n) is 2.07. The molecule has 22 heavy (non-hydrogen) atoms. The van der Waals surface area contributed by atoms with Crippen LogP contribution in [0.25, 0.3) is 0 Å². The summed E-state index contributed by atoms with van der Waals surface area (Å²) in [6, 6.07) is 4.73. The highest BCUT2D eigenvalue weighted by Crippen LogP contribution is 2.29. The molecule has 7 heteroatoms. The number of hydrogen-bond acceptors (Lipinski definition) is 2. The van der Waals surface area contributed by atoms with Crippen molar-refractivity contribution in [3.05, 3.63) is 52.3 Å². The Bertz CT molecular complexity index is 640. The Morgan fingerprint density at radius 2 is 1.86 bits per heavy atom. The van der Waals surface area contributed by atoms with Crippen LogP contribution in [0.15, 0.2) is 24.3 Å². The van der Waals surface area contributed by atoms with E-state index < -0.39 is 11.7 Å². The second-order valence-corrected chi connectivity index (χ2v) is 5.06. The molecule has 0 aliphatic carbocycles. The number of alkyl halides is 3. The van der Waals surface area contributed by atoms with Gasteiger partial charge in [0.25, 0.3) is 0 Å². The number of nitrogens with one attached hydrogen (secondary N) is 2. The average molecular weight is 311 g/mol. The van der Waals surface area contributed by atoms with E-state index >= 15 is 0 Å². The molecule has 2 aromatic rings. The number of hydrogen-bond donors (Lipinski definition) is 2. The van der Waals surface area contributed by atoms with Gasteiger partial charge in [0.2, 0.25) is 5.91 Å². The molecule has 0 fully saturated rings. The molecule has 0 radical (unpaired) electrons. The Kier molecular flexibility index (Phi) is 4.54. The van der Waals surface area contributed by atoms with Crippen LogP contribution in [0.5, 0.6) is 0 Å². The van der Waals surface area contributed by atoms with Gasteiger partial charge < -0.3 is 5.32 Å². The lowest BCUT2D eigenvalue weighted by atomic mass is 10.1. The van der Waals surface area contributed by atoms with E-state index in [4.69, 9.17) is 0 Å². The van der Waals surface area contributed by atoms with Crippen LogP contribution in [0, 0.1) is 13.8 Å². The van der Waals surface area contributed by atoms with Crippen molar-refractivity contribution in [1.29, 1.82) is 0 Å². The zero-order valence-corrected chi connectivity index (χ0v) is 12.2. The fraction of sp³-hybridized carbons (Fsp3) is 0.333. The summed E-state index contributed by atoms with van der Waals surface area (Å²) in [5, 5.41) is 9.50. The maximum Gasteiger partial charge on any atom is 0.416 e. The van der Waals surface area contributed by atoms with Gasteiger partial charge in [-0.05, 0) is 31.5 Å². The molecule has 0 aliphatic rings. The van der Waals surface area contributed by atoms with E-state index in [9.17, 15) is 18.0 Å². The molecular weight excluding hydrogens is 295 g/mol. The van der Waals surface area contributed by atoms with Crippen molar-refractivity contribution in [1.82, 2.24) is 15.5 Å². The highest BCUT2D eigenvalue weighted by atomic mass is 19.4. The van der Waals surface area contributed by atoms with Gasteiger partial charge in [-0.2, -0.15) is 18.3 Å². The Hall–Kier alpha value is -2.31. The first-order valence-electron chi connectivity index (χ1n) is 6.70. The third-order valence-electron chi connectivity index (χ3n) is 3.39. The first-order chi connectivity index (χ1) is 10.3. The minimum atomic E-state index is -4.35. The third kappa shape index (κ3) is 3.87. The summed E-state index contributed by atoms with van der Waals surface area (Å²) >= 11 is 0. The van der Waals surface area contributed by atoms with Crippen LogP contribution in [-0.4, -0.2) is 16.1 Å². The second-order valence-electron chi connectivity index (χ2n) is 5.06. The van der Waals surface area contributed by atoms with E-state index in [2.05, 4.69) is 15.5 Å². The number of H-pyrrole nitrogens is 1. The van der Waals surface area contributed by atoms with Crippen molar-refractivity contribution in [2.75, 3.05) is 0 Å². The summed E-state index contributed by atoms with van der Waals surface area (Å²) in [5.74, 6) is -0.201. The molecule has 1 aromatic carbocycles. The van der Waals surface area contributed by atoms with E-state index in [0.717, 1.165) is 29.1 Å². The Balaban J connectivity index is 1.91. The van der Waals surface area contributed by atoms with Crippen molar-refractivity contribution in [3.8, 4) is 0 Å². The molecule has 1 heterocycles. The lowest BCUT2D eigenvalue weighted by molar-refractivity contribution is -0.137. The molecule has 0 unspecified atom stereocenters. The van der Waals surface area contributed by atoms with Gasteiger partial charge in [-0.3, -0.25) is 9.89 Å². The highest BCUT2D eigenvalue weighted by Gasteiger charge is 2.29. The number of aryl methyl sites for hydroxylation is 2. The highest BCUT2D eigenvalue weighted by molar-refractivity contribution is 5.79. The smallest absolute Gasteiger partial charge is 0.352 e. The molecule has 0 aliphatic heterocycles. The molecule has 4 nitrogen and oxygen atoms in total. The van der Waals surface area contributed by atoms with E-state index in [0.29, 0.717) is 5.56 Å². The summed E-state index contributed by atoms with van der Waals surface area (Å²) in [5.41, 5.74) is 2.35. The van der Waals surface area contributed by atoms with Crippen LogP contribution in [0.2, 0.25) is 0 Å². The predicted molar refractivity (Wildman–Crippen MR) is 75.1 cm³/mol. The maximum atomic E-state index is 12.4. The van der Waals surface area contributed by atoms with E-state index in [-0.39, 0.29) is 18.9 Å². The zero-order valence-electron chi connectivity index (χ0n) is 12.2. The standard InChI is InChI=1S/C15H16F3N3O/c1-9-13(10(2)21-20-9)7-14(22)19-8-11-3-5-12(6-4-11)15(16,17)18/h3-6H,7-8H2,1-2H3,(H,19,22)(H,20,21). The molecule has 1 amide bonds. The summed E-state index contributed by atoms with van der Waals surface area (Å²) in [6.07, 6.45) is -4.16. The minimum Gasteiger partial charge on any atom is -0.352 e.